The number of rotatable bonds is 5. The largest absolute Gasteiger partial charge is 0.481 e. The molecule has 0 saturated carbocycles. The van der Waals surface area contributed by atoms with Crippen molar-refractivity contribution in [2.24, 2.45) is 5.41 Å². The van der Waals surface area contributed by atoms with E-state index < -0.39 is 17.5 Å². The van der Waals surface area contributed by atoms with Crippen molar-refractivity contribution in [1.82, 2.24) is 9.88 Å². The molecular weight excluding hydrogens is 256 g/mol. The normalized spacial score (nSPS) is 27.4. The number of likely N-dealkylation sites (tertiary alicyclic amines) is 1. The molecule has 2 N–H and O–H groups in total. The zero-order chi connectivity index (χ0) is 14.6. The van der Waals surface area contributed by atoms with Crippen LogP contribution in [0.2, 0.25) is 0 Å². The molecule has 2 heterocycles. The highest BCUT2D eigenvalue weighted by molar-refractivity contribution is 5.75. The third-order valence-electron chi connectivity index (χ3n) is 4.19. The third kappa shape index (κ3) is 2.99. The van der Waals surface area contributed by atoms with E-state index in [0.29, 0.717) is 32.5 Å². The molecule has 1 aromatic rings. The van der Waals surface area contributed by atoms with Crippen LogP contribution in [-0.2, 0) is 11.3 Å². The predicted molar refractivity (Wildman–Crippen MR) is 75.1 cm³/mol. The van der Waals surface area contributed by atoms with Gasteiger partial charge in [0.1, 0.15) is 0 Å². The molecule has 0 bridgehead atoms. The molecule has 2 rings (SSSR count). The summed E-state index contributed by atoms with van der Waals surface area (Å²) in [6.45, 7) is 3.76. The van der Waals surface area contributed by atoms with Gasteiger partial charge in [-0.25, -0.2) is 0 Å². The van der Waals surface area contributed by atoms with Crippen molar-refractivity contribution >= 4 is 5.97 Å². The molecule has 5 heteroatoms. The fraction of sp³-hybridized carbons (Fsp3) is 0.600. The number of β-amino-alcohol motifs (C(OH)–C–C–N with tert-alkyl or cyclic N) is 1. The molecule has 0 spiro atoms. The standard InChI is InChI=1S/C15H22N2O3/c1-2-5-15(14(19)20)6-8-17(11-13(15)18)10-12-4-3-7-16-9-12/h3-4,7,9,13,18H,2,5-6,8,10-11H2,1H3,(H,19,20)/t13-,15-/m0/s1. The molecule has 2 atom stereocenters. The van der Waals surface area contributed by atoms with Gasteiger partial charge in [0.05, 0.1) is 11.5 Å². The minimum absolute atomic E-state index is 0.404. The van der Waals surface area contributed by atoms with Gasteiger partial charge in [-0.2, -0.15) is 0 Å². The van der Waals surface area contributed by atoms with Gasteiger partial charge < -0.3 is 10.2 Å². The Kier molecular flexibility index (Phi) is 4.73. The van der Waals surface area contributed by atoms with Gasteiger partial charge in [-0.05, 0) is 31.0 Å². The van der Waals surface area contributed by atoms with Crippen LogP contribution in [0, 0.1) is 5.41 Å². The molecular formula is C15H22N2O3. The summed E-state index contributed by atoms with van der Waals surface area (Å²) in [5.41, 5.74) is 0.109. The molecule has 1 aliphatic rings. The first-order chi connectivity index (χ1) is 9.58. The Labute approximate surface area is 119 Å². The second kappa shape index (κ2) is 6.33. The van der Waals surface area contributed by atoms with Crippen LogP contribution in [0.3, 0.4) is 0 Å². The number of aliphatic carboxylic acids is 1. The maximum Gasteiger partial charge on any atom is 0.312 e. The van der Waals surface area contributed by atoms with Crippen molar-refractivity contribution in [3.05, 3.63) is 30.1 Å². The number of carbonyl (C=O) groups is 1. The summed E-state index contributed by atoms with van der Waals surface area (Å²) in [5, 5.41) is 19.8. The zero-order valence-corrected chi connectivity index (χ0v) is 11.8. The monoisotopic (exact) mass is 278 g/mol. The molecule has 0 aromatic carbocycles. The lowest BCUT2D eigenvalue weighted by atomic mass is 9.73. The fourth-order valence-corrected chi connectivity index (χ4v) is 3.02. The number of hydrogen-bond donors (Lipinski definition) is 2. The Morgan fingerprint density at radius 2 is 2.40 bits per heavy atom. The van der Waals surface area contributed by atoms with Crippen molar-refractivity contribution < 1.29 is 15.0 Å². The summed E-state index contributed by atoms with van der Waals surface area (Å²) in [7, 11) is 0. The molecule has 110 valence electrons. The van der Waals surface area contributed by atoms with Gasteiger partial charge in [0.25, 0.3) is 0 Å². The maximum absolute atomic E-state index is 11.6. The maximum atomic E-state index is 11.6. The van der Waals surface area contributed by atoms with Crippen LogP contribution in [-0.4, -0.2) is 45.3 Å². The van der Waals surface area contributed by atoms with Crippen molar-refractivity contribution in [2.45, 2.75) is 38.8 Å². The van der Waals surface area contributed by atoms with E-state index in [9.17, 15) is 15.0 Å². The Morgan fingerprint density at radius 3 is 2.95 bits per heavy atom. The van der Waals surface area contributed by atoms with Crippen LogP contribution < -0.4 is 0 Å². The lowest BCUT2D eigenvalue weighted by Gasteiger charge is -2.42. The number of aliphatic hydroxyl groups is 1. The highest BCUT2D eigenvalue weighted by Crippen LogP contribution is 2.37. The van der Waals surface area contributed by atoms with Crippen LogP contribution >= 0.6 is 0 Å². The number of aromatic nitrogens is 1. The Morgan fingerprint density at radius 1 is 1.60 bits per heavy atom. The minimum Gasteiger partial charge on any atom is -0.481 e. The highest BCUT2D eigenvalue weighted by Gasteiger charge is 2.47. The van der Waals surface area contributed by atoms with Gasteiger partial charge in [-0.3, -0.25) is 14.7 Å². The summed E-state index contributed by atoms with van der Waals surface area (Å²) in [5.74, 6) is -0.868. The first-order valence-electron chi connectivity index (χ1n) is 7.11. The highest BCUT2D eigenvalue weighted by atomic mass is 16.4. The van der Waals surface area contributed by atoms with E-state index >= 15 is 0 Å². The molecule has 0 amide bonds. The molecule has 20 heavy (non-hydrogen) atoms. The summed E-state index contributed by atoms with van der Waals surface area (Å²) in [6.07, 6.45) is 4.52. The van der Waals surface area contributed by atoms with Gasteiger partial charge in [-0.15, -0.1) is 0 Å². The van der Waals surface area contributed by atoms with Crippen LogP contribution in [0.15, 0.2) is 24.5 Å². The summed E-state index contributed by atoms with van der Waals surface area (Å²) >= 11 is 0. The number of nitrogens with zero attached hydrogens (tertiary/aromatic N) is 2. The Hall–Kier alpha value is -1.46. The number of carboxylic acid groups (broad SMARTS) is 1. The second-order valence-corrected chi connectivity index (χ2v) is 5.57. The average Bonchev–Trinajstić information content (AvgIpc) is 2.43. The van der Waals surface area contributed by atoms with Gasteiger partial charge in [0.15, 0.2) is 0 Å². The summed E-state index contributed by atoms with van der Waals surface area (Å²) < 4.78 is 0. The summed E-state index contributed by atoms with van der Waals surface area (Å²) in [6, 6.07) is 3.87. The van der Waals surface area contributed by atoms with Crippen LogP contribution in [0.4, 0.5) is 0 Å². The second-order valence-electron chi connectivity index (χ2n) is 5.57. The van der Waals surface area contributed by atoms with E-state index in [4.69, 9.17) is 0 Å². The van der Waals surface area contributed by atoms with E-state index in [1.807, 2.05) is 19.1 Å². The molecule has 0 radical (unpaired) electrons. The van der Waals surface area contributed by atoms with Crippen LogP contribution in [0.5, 0.6) is 0 Å². The first-order valence-corrected chi connectivity index (χ1v) is 7.11. The minimum atomic E-state index is -0.972. The molecule has 1 aliphatic heterocycles. The van der Waals surface area contributed by atoms with E-state index in [-0.39, 0.29) is 0 Å². The lowest BCUT2D eigenvalue weighted by Crippen LogP contribution is -2.54. The van der Waals surface area contributed by atoms with E-state index in [1.165, 1.54) is 0 Å². The lowest BCUT2D eigenvalue weighted by molar-refractivity contribution is -0.164. The van der Waals surface area contributed by atoms with Gasteiger partial charge in [-0.1, -0.05) is 19.4 Å². The van der Waals surface area contributed by atoms with Crippen LogP contribution in [0.1, 0.15) is 31.7 Å². The first kappa shape index (κ1) is 14.9. The zero-order valence-electron chi connectivity index (χ0n) is 11.8. The smallest absolute Gasteiger partial charge is 0.312 e. The fourth-order valence-electron chi connectivity index (χ4n) is 3.02. The van der Waals surface area contributed by atoms with Gasteiger partial charge in [0.2, 0.25) is 0 Å². The molecule has 1 fully saturated rings. The number of piperidine rings is 1. The van der Waals surface area contributed by atoms with E-state index in [0.717, 1.165) is 12.0 Å². The quantitative estimate of drug-likeness (QED) is 0.854. The summed E-state index contributed by atoms with van der Waals surface area (Å²) in [4.78, 5) is 17.7. The molecule has 5 nitrogen and oxygen atoms in total. The van der Waals surface area contributed by atoms with E-state index in [1.54, 1.807) is 12.4 Å². The predicted octanol–water partition coefficient (Wildman–Crippen LogP) is 1.52. The molecule has 0 aliphatic carbocycles. The number of hydrogen-bond acceptors (Lipinski definition) is 4. The Bertz CT molecular complexity index is 452. The number of pyridine rings is 1. The van der Waals surface area contributed by atoms with Crippen molar-refractivity contribution in [2.75, 3.05) is 13.1 Å². The van der Waals surface area contributed by atoms with Crippen molar-refractivity contribution in [3.8, 4) is 0 Å². The van der Waals surface area contributed by atoms with Gasteiger partial charge >= 0.3 is 5.97 Å². The third-order valence-corrected chi connectivity index (χ3v) is 4.19. The number of aliphatic hydroxyl groups excluding tert-OH is 1. The molecule has 0 unspecified atom stereocenters. The Balaban J connectivity index is 2.03. The van der Waals surface area contributed by atoms with Crippen LogP contribution in [0.25, 0.3) is 0 Å². The molecule has 1 aromatic heterocycles. The number of carboxylic acids is 1. The average molecular weight is 278 g/mol. The van der Waals surface area contributed by atoms with Gasteiger partial charge in [0, 0.05) is 25.5 Å². The topological polar surface area (TPSA) is 73.7 Å². The SMILES string of the molecule is CCC[C@]1(C(=O)O)CCN(Cc2cccnc2)C[C@@H]1O. The molecule has 1 saturated heterocycles. The van der Waals surface area contributed by atoms with Crippen molar-refractivity contribution in [1.29, 1.82) is 0 Å². The van der Waals surface area contributed by atoms with E-state index in [2.05, 4.69) is 9.88 Å². The van der Waals surface area contributed by atoms with Crippen molar-refractivity contribution in [3.63, 3.8) is 0 Å².